The highest BCUT2D eigenvalue weighted by atomic mass is 19.1. The van der Waals surface area contributed by atoms with Crippen LogP contribution in [0.4, 0.5) is 10.1 Å². The predicted molar refractivity (Wildman–Crippen MR) is 349 cm³/mol. The Labute approximate surface area is 575 Å². The number of carbonyl (C=O) groups excluding carboxylic acids is 7. The van der Waals surface area contributed by atoms with E-state index in [0.29, 0.717) is 211 Å². The van der Waals surface area contributed by atoms with Gasteiger partial charge >= 0.3 is 5.97 Å². The number of nitro benzene ring substituents is 1. The maximum absolute atomic E-state index is 12.8. The first-order valence-corrected chi connectivity index (χ1v) is 32.2. The number of alkyl halides is 1. The number of ether oxygens (including phenoxy) is 17. The lowest BCUT2D eigenvalue weighted by atomic mass is 10.1. The van der Waals surface area contributed by atoms with Gasteiger partial charge in [0.25, 0.3) is 5.69 Å². The van der Waals surface area contributed by atoms with Gasteiger partial charge in [-0.3, -0.25) is 48.1 Å². The fraction of sp³-hybridized carbons (Fsp3) is 0.790. The summed E-state index contributed by atoms with van der Waals surface area (Å²) in [5.41, 5.74) is 8.24. The molecule has 36 heteroatoms. The van der Waals surface area contributed by atoms with Crippen molar-refractivity contribution in [3.63, 3.8) is 0 Å². The molecule has 5 amide bonds. The van der Waals surface area contributed by atoms with E-state index in [-0.39, 0.29) is 89.2 Å². The number of nitro groups is 1. The van der Waals surface area contributed by atoms with Gasteiger partial charge in [0, 0.05) is 78.3 Å². The van der Waals surface area contributed by atoms with E-state index >= 15 is 0 Å². The molecule has 0 fully saturated rings. The van der Waals surface area contributed by atoms with Gasteiger partial charge in [-0.25, -0.2) is 0 Å². The quantitative estimate of drug-likeness (QED) is 0.0130. The van der Waals surface area contributed by atoms with Crippen LogP contribution in [-0.4, -0.2) is 364 Å². The summed E-state index contributed by atoms with van der Waals surface area (Å²) in [4.78, 5) is 106. The van der Waals surface area contributed by atoms with Gasteiger partial charge in [0.05, 0.1) is 244 Å². The Balaban J connectivity index is 0.0000314. The molecule has 1 rings (SSSR count). The Kier molecular flexibility index (Phi) is 61.0. The summed E-state index contributed by atoms with van der Waals surface area (Å²) in [6, 6.07) is 5.31. The molecule has 0 unspecified atom stereocenters. The van der Waals surface area contributed by atoms with Crippen LogP contribution >= 0.6 is 0 Å². The number of hydrogen-bond donors (Lipinski definition) is 0. The van der Waals surface area contributed by atoms with Gasteiger partial charge in [0.1, 0.15) is 12.4 Å². The summed E-state index contributed by atoms with van der Waals surface area (Å²) in [5.74, 6) is -2.86. The number of ketones is 1. The van der Waals surface area contributed by atoms with Crippen LogP contribution in [0.3, 0.4) is 0 Å². The van der Waals surface area contributed by atoms with E-state index in [2.05, 4.69) is 10.0 Å². The van der Waals surface area contributed by atoms with Crippen LogP contribution < -0.4 is 4.74 Å². The van der Waals surface area contributed by atoms with Crippen molar-refractivity contribution in [3.8, 4) is 5.75 Å². The zero-order chi connectivity index (χ0) is 73.0. The second-order valence-corrected chi connectivity index (χ2v) is 20.8. The molecule has 1 aromatic rings. The molecule has 0 spiro atoms. The van der Waals surface area contributed by atoms with Crippen molar-refractivity contribution in [2.75, 3.05) is 293 Å². The highest BCUT2D eigenvalue weighted by Crippen LogP contribution is 2.18. The first-order chi connectivity index (χ1) is 48.0. The van der Waals surface area contributed by atoms with E-state index < -0.39 is 47.6 Å². The number of carbonyl (C=O) groups is 7. The third kappa shape index (κ3) is 56.6. The molecule has 0 N–H and O–H groups in total. The summed E-state index contributed by atoms with van der Waals surface area (Å²) in [5, 5.41) is 14.1. The summed E-state index contributed by atoms with van der Waals surface area (Å²) in [7, 11) is 6.07. The Hall–Kier alpha value is -6.29. The van der Waals surface area contributed by atoms with E-state index in [4.69, 9.17) is 87.4 Å². The van der Waals surface area contributed by atoms with Gasteiger partial charge in [0.2, 0.25) is 29.5 Å². The number of non-ortho nitro benzene ring substituents is 1. The second kappa shape index (κ2) is 66.6. The Morgan fingerprint density at radius 1 is 0.418 bits per heavy atom. The largest absolute Gasteiger partial charge is 0.427 e. The molecule has 0 atom stereocenters. The highest BCUT2D eigenvalue weighted by Gasteiger charge is 2.24. The Morgan fingerprint density at radius 2 is 0.684 bits per heavy atom. The van der Waals surface area contributed by atoms with E-state index in [1.54, 1.807) is 0 Å². The summed E-state index contributed by atoms with van der Waals surface area (Å²) in [6.45, 7) is 11.0. The van der Waals surface area contributed by atoms with E-state index in [1.165, 1.54) is 69.3 Å². The molecule has 564 valence electrons. The first kappa shape index (κ1) is 89.7. The van der Waals surface area contributed by atoms with Crippen molar-refractivity contribution in [3.05, 3.63) is 44.8 Å². The number of esters is 1. The predicted octanol–water partition coefficient (Wildman–Crippen LogP) is 1.47. The molecule has 98 heavy (non-hydrogen) atoms. The zero-order valence-corrected chi connectivity index (χ0v) is 57.9. The molecule has 0 aliphatic heterocycles. The lowest BCUT2D eigenvalue weighted by Gasteiger charge is -2.26. The number of halogens is 1. The molecule has 0 aliphatic rings. The summed E-state index contributed by atoms with van der Waals surface area (Å²) >= 11 is 0. The average Bonchev–Trinajstić information content (AvgIpc) is 1.23. The Morgan fingerprint density at radius 3 is 0.969 bits per heavy atom. The van der Waals surface area contributed by atoms with E-state index in [9.17, 15) is 48.1 Å². The molecule has 0 heterocycles. The minimum Gasteiger partial charge on any atom is -0.427 e. The average molecular weight is 1420 g/mol. The van der Waals surface area contributed by atoms with Gasteiger partial charge < -0.3 is 105 Å². The van der Waals surface area contributed by atoms with Gasteiger partial charge in [-0.2, -0.15) is 0 Å². The van der Waals surface area contributed by atoms with Crippen molar-refractivity contribution < 1.29 is 125 Å². The van der Waals surface area contributed by atoms with Crippen molar-refractivity contribution in [1.82, 2.24) is 24.5 Å². The second-order valence-electron chi connectivity index (χ2n) is 20.8. The van der Waals surface area contributed by atoms with Crippen LogP contribution in [0.5, 0.6) is 5.75 Å². The third-order valence-electron chi connectivity index (χ3n) is 12.8. The number of nitrogens with zero attached hydrogens (tertiary/aromatic N) is 9. The minimum atomic E-state index is -1.00. The van der Waals surface area contributed by atoms with Crippen LogP contribution in [0.15, 0.2) is 29.4 Å². The molecule has 0 saturated carbocycles. The van der Waals surface area contributed by atoms with Crippen LogP contribution in [0.25, 0.3) is 10.4 Å². The fourth-order valence-corrected chi connectivity index (χ4v) is 7.33. The molecular weight excluding hydrogens is 1310 g/mol. The van der Waals surface area contributed by atoms with Gasteiger partial charge in [-0.05, 0) is 36.9 Å². The lowest BCUT2D eigenvalue weighted by molar-refractivity contribution is -0.384. The smallest absolute Gasteiger partial charge is 0.311 e. The lowest BCUT2D eigenvalue weighted by Crippen LogP contribution is -2.48. The maximum Gasteiger partial charge on any atom is 0.311 e. The molecule has 0 radical (unpaired) electrons. The van der Waals surface area contributed by atoms with E-state index in [0.717, 1.165) is 14.7 Å². The van der Waals surface area contributed by atoms with Crippen molar-refractivity contribution in [2.24, 2.45) is 5.11 Å². The van der Waals surface area contributed by atoms with Gasteiger partial charge in [0.15, 0.2) is 5.78 Å². The number of hydrogen-bond acceptors (Lipinski definition) is 27. The van der Waals surface area contributed by atoms with Crippen LogP contribution in [-0.2, 0) is 109 Å². The van der Waals surface area contributed by atoms with Crippen molar-refractivity contribution >= 4 is 47.0 Å². The molecule has 0 aromatic heterocycles. The number of unbranched alkanes of at least 4 members (excludes halogenated alkanes) is 1. The van der Waals surface area contributed by atoms with Crippen LogP contribution in [0, 0.1) is 10.1 Å². The highest BCUT2D eigenvalue weighted by molar-refractivity contribution is 5.92. The van der Waals surface area contributed by atoms with Crippen molar-refractivity contribution in [2.45, 2.75) is 32.1 Å². The summed E-state index contributed by atoms with van der Waals surface area (Å²) < 4.78 is 108. The third-order valence-corrected chi connectivity index (χ3v) is 12.8. The van der Waals surface area contributed by atoms with Crippen molar-refractivity contribution in [1.29, 1.82) is 0 Å². The number of amides is 5. The molecule has 0 aliphatic carbocycles. The maximum atomic E-state index is 12.8. The van der Waals surface area contributed by atoms with Gasteiger partial charge in [-0.15, -0.1) is 0 Å². The topological polar surface area (TPSA) is 385 Å². The fourth-order valence-electron chi connectivity index (χ4n) is 7.33. The SMILES string of the molecule is CN(CC(=O)CCCCN=[N+]=[N-])C(=O)CN(C)C(=O)CN(C)C(=O)CN(C)C(=O)CN(C)C(=O)COCCOCCOCCOCCOCCOCCOCCOCCOCCOCCOCCOCCOCCOCCOCCOCCCC(=O)Oc1ccc([N+](=O)[O-])cc1.[2H]CF. The van der Waals surface area contributed by atoms with Gasteiger partial charge in [-0.1, -0.05) is 5.11 Å². The van der Waals surface area contributed by atoms with Crippen LogP contribution in [0.1, 0.15) is 33.5 Å². The first-order valence-electron chi connectivity index (χ1n) is 32.9. The normalized spacial score (nSPS) is 11.1. The zero-order valence-electron chi connectivity index (χ0n) is 58.9. The molecule has 0 bridgehead atoms. The Bertz CT molecular complexity index is 2290. The number of likely N-dealkylation sites (N-methyl/N-ethyl adjacent to an activating group) is 5. The number of azide groups is 1. The summed E-state index contributed by atoms with van der Waals surface area (Å²) in [6.07, 6.45) is 1.93. The van der Waals surface area contributed by atoms with E-state index in [1.807, 2.05) is 0 Å². The molecule has 1 aromatic carbocycles. The molecule has 0 saturated heterocycles. The van der Waals surface area contributed by atoms with Crippen LogP contribution in [0.2, 0.25) is 0 Å². The number of rotatable bonds is 68. The standard InChI is InChI=1S/C61H105N9O26.CH3F/c1-65(47-54(71)9-6-7-15-63-64-62)56(72)48-66(2)57(73)49-67(3)58(74)50-68(4)59(75)51-69(5)60(76)52-95-46-45-94-44-43-93-42-41-92-40-39-91-38-37-90-36-35-89-34-33-88-32-31-87-30-29-86-28-27-85-26-25-84-24-23-83-22-21-82-20-19-81-18-17-80-16-8-10-61(77)96-55-13-11-53(12-14-55)70(78)79;1-2/h11-14H,6-10,15-52H2,1-5H3;1H3/i;1D. The number of Topliss-reactive ketones (excluding diaryl/α,β-unsaturated/α-hetero) is 1. The molecule has 35 nitrogen and oxygen atoms in total. The monoisotopic (exact) mass is 1410 g/mol. The number of benzene rings is 1. The minimum absolute atomic E-state index is 0.0772. The molecular formula is C62H108FN9O26.